The van der Waals surface area contributed by atoms with Crippen molar-refractivity contribution in [3.8, 4) is 0 Å². The zero-order valence-corrected chi connectivity index (χ0v) is 16.5. The van der Waals surface area contributed by atoms with Crippen molar-refractivity contribution in [3.63, 3.8) is 0 Å². The summed E-state index contributed by atoms with van der Waals surface area (Å²) in [6, 6.07) is 17.9. The molecule has 1 aromatic carbocycles. The Morgan fingerprint density at radius 3 is 2.50 bits per heavy atom. The number of carbonyl (C=O) groups excluding carboxylic acids is 1. The van der Waals surface area contributed by atoms with E-state index in [0.717, 1.165) is 41.3 Å². The van der Waals surface area contributed by atoms with Crippen LogP contribution in [0, 0.1) is 0 Å². The summed E-state index contributed by atoms with van der Waals surface area (Å²) in [5.41, 5.74) is 1.92. The molecule has 0 bridgehead atoms. The smallest absolute Gasteiger partial charge is 0.254 e. The number of benzene rings is 1. The van der Waals surface area contributed by atoms with E-state index >= 15 is 0 Å². The molecule has 1 aliphatic heterocycles. The Hall–Kier alpha value is -2.66. The molecule has 28 heavy (non-hydrogen) atoms. The standard InChI is InChI=1S/C23H23N3OS/c27-23(19-8-10-20(11-9-19)28-22-7-3-4-14-25-22)26-17-5-1-2-6-21(26)18-12-15-24-16-13-18/h3-4,7-16,21H,1-2,5-6,17H2. The molecule has 1 atom stereocenters. The van der Waals surface area contributed by atoms with Gasteiger partial charge in [-0.1, -0.05) is 30.7 Å². The van der Waals surface area contributed by atoms with Gasteiger partial charge in [0.25, 0.3) is 5.91 Å². The van der Waals surface area contributed by atoms with Crippen molar-refractivity contribution < 1.29 is 4.79 Å². The van der Waals surface area contributed by atoms with E-state index in [1.807, 2.05) is 71.9 Å². The summed E-state index contributed by atoms with van der Waals surface area (Å²) < 4.78 is 0. The average Bonchev–Trinajstić information content (AvgIpc) is 3.01. The maximum Gasteiger partial charge on any atom is 0.254 e. The van der Waals surface area contributed by atoms with Crippen LogP contribution in [-0.4, -0.2) is 27.3 Å². The third kappa shape index (κ3) is 4.42. The zero-order valence-electron chi connectivity index (χ0n) is 15.7. The van der Waals surface area contributed by atoms with Gasteiger partial charge >= 0.3 is 0 Å². The zero-order chi connectivity index (χ0) is 19.2. The SMILES string of the molecule is O=C(c1ccc(Sc2ccccn2)cc1)N1CCCCCC1c1ccncc1. The highest BCUT2D eigenvalue weighted by Crippen LogP contribution is 2.32. The lowest BCUT2D eigenvalue weighted by atomic mass is 10.0. The van der Waals surface area contributed by atoms with Crippen LogP contribution in [-0.2, 0) is 0 Å². The molecule has 4 nitrogen and oxygen atoms in total. The number of hydrogen-bond acceptors (Lipinski definition) is 4. The Morgan fingerprint density at radius 1 is 0.929 bits per heavy atom. The van der Waals surface area contributed by atoms with E-state index in [-0.39, 0.29) is 11.9 Å². The van der Waals surface area contributed by atoms with Gasteiger partial charge in [0.1, 0.15) is 5.03 Å². The van der Waals surface area contributed by atoms with Crippen molar-refractivity contribution in [2.24, 2.45) is 0 Å². The summed E-state index contributed by atoms with van der Waals surface area (Å²) in [5, 5.41) is 0.951. The van der Waals surface area contributed by atoms with Gasteiger partial charge in [-0.25, -0.2) is 4.98 Å². The second-order valence-corrected chi connectivity index (χ2v) is 8.03. The highest BCUT2D eigenvalue weighted by Gasteiger charge is 2.27. The molecule has 1 amide bonds. The third-order valence-electron chi connectivity index (χ3n) is 5.07. The van der Waals surface area contributed by atoms with Gasteiger partial charge in [0.2, 0.25) is 0 Å². The van der Waals surface area contributed by atoms with Crippen molar-refractivity contribution in [1.82, 2.24) is 14.9 Å². The van der Waals surface area contributed by atoms with Crippen molar-refractivity contribution in [2.45, 2.75) is 41.6 Å². The predicted octanol–water partition coefficient (Wildman–Crippen LogP) is 5.39. The number of carbonyl (C=O) groups is 1. The highest BCUT2D eigenvalue weighted by atomic mass is 32.2. The number of rotatable bonds is 4. The number of hydrogen-bond donors (Lipinski definition) is 0. The third-order valence-corrected chi connectivity index (χ3v) is 6.02. The van der Waals surface area contributed by atoms with Crippen LogP contribution in [0.15, 0.2) is 83.1 Å². The molecule has 3 aromatic rings. The Balaban J connectivity index is 1.53. The van der Waals surface area contributed by atoms with E-state index in [0.29, 0.717) is 0 Å². The van der Waals surface area contributed by atoms with E-state index in [2.05, 4.69) is 9.97 Å². The molecule has 3 heterocycles. The van der Waals surface area contributed by atoms with E-state index < -0.39 is 0 Å². The first kappa shape index (κ1) is 18.7. The first-order valence-electron chi connectivity index (χ1n) is 9.71. The van der Waals surface area contributed by atoms with Crippen LogP contribution in [0.2, 0.25) is 0 Å². The van der Waals surface area contributed by atoms with Gasteiger partial charge in [-0.2, -0.15) is 0 Å². The van der Waals surface area contributed by atoms with Crippen LogP contribution in [0.5, 0.6) is 0 Å². The minimum atomic E-state index is 0.109. The molecule has 1 unspecified atom stereocenters. The summed E-state index contributed by atoms with van der Waals surface area (Å²) in [4.78, 5) is 24.9. The molecule has 142 valence electrons. The molecule has 4 rings (SSSR count). The summed E-state index contributed by atoms with van der Waals surface area (Å²) in [7, 11) is 0. The van der Waals surface area contributed by atoms with E-state index in [1.165, 1.54) is 12.0 Å². The summed E-state index contributed by atoms with van der Waals surface area (Å²) in [5.74, 6) is 0.109. The molecule has 5 heteroatoms. The highest BCUT2D eigenvalue weighted by molar-refractivity contribution is 7.99. The largest absolute Gasteiger partial charge is 0.332 e. The van der Waals surface area contributed by atoms with Crippen LogP contribution in [0.25, 0.3) is 0 Å². The lowest BCUT2D eigenvalue weighted by molar-refractivity contribution is 0.0681. The topological polar surface area (TPSA) is 46.1 Å². The molecule has 2 aromatic heterocycles. The fourth-order valence-corrected chi connectivity index (χ4v) is 4.42. The fourth-order valence-electron chi connectivity index (χ4n) is 3.64. The maximum absolute atomic E-state index is 13.3. The minimum Gasteiger partial charge on any atom is -0.332 e. The van der Waals surface area contributed by atoms with Crippen molar-refractivity contribution in [2.75, 3.05) is 6.54 Å². The van der Waals surface area contributed by atoms with E-state index in [1.54, 1.807) is 18.0 Å². The number of nitrogens with zero attached hydrogens (tertiary/aromatic N) is 3. The van der Waals surface area contributed by atoms with Gasteiger partial charge in [0.15, 0.2) is 0 Å². The molecule has 0 aliphatic carbocycles. The monoisotopic (exact) mass is 389 g/mol. The first-order chi connectivity index (χ1) is 13.8. The fraction of sp³-hybridized carbons (Fsp3) is 0.261. The van der Waals surface area contributed by atoms with Crippen molar-refractivity contribution >= 4 is 17.7 Å². The van der Waals surface area contributed by atoms with Gasteiger partial charge in [0, 0.05) is 35.6 Å². The molecule has 1 saturated heterocycles. The number of pyridine rings is 2. The molecular weight excluding hydrogens is 366 g/mol. The van der Waals surface area contributed by atoms with E-state index in [9.17, 15) is 4.79 Å². The number of likely N-dealkylation sites (tertiary alicyclic amines) is 1. The van der Waals surface area contributed by atoms with Crippen LogP contribution < -0.4 is 0 Å². The minimum absolute atomic E-state index is 0.109. The number of aromatic nitrogens is 2. The van der Waals surface area contributed by atoms with Gasteiger partial charge in [-0.3, -0.25) is 9.78 Å². The lowest BCUT2D eigenvalue weighted by Gasteiger charge is -2.30. The molecule has 0 saturated carbocycles. The summed E-state index contributed by atoms with van der Waals surface area (Å²) in [6.07, 6.45) is 9.80. The Bertz CT molecular complexity index is 900. The maximum atomic E-state index is 13.3. The van der Waals surface area contributed by atoms with Crippen molar-refractivity contribution in [3.05, 3.63) is 84.3 Å². The molecule has 1 fully saturated rings. The first-order valence-corrected chi connectivity index (χ1v) is 10.5. The second-order valence-electron chi connectivity index (χ2n) is 6.94. The molecule has 0 radical (unpaired) electrons. The molecule has 0 spiro atoms. The summed E-state index contributed by atoms with van der Waals surface area (Å²) in [6.45, 7) is 0.802. The van der Waals surface area contributed by atoms with Gasteiger partial charge in [0.05, 0.1) is 6.04 Å². The van der Waals surface area contributed by atoms with Crippen LogP contribution in [0.4, 0.5) is 0 Å². The second kappa shape index (κ2) is 9.02. The molecular formula is C23H23N3OS. The Kier molecular flexibility index (Phi) is 6.02. The predicted molar refractivity (Wildman–Crippen MR) is 111 cm³/mol. The van der Waals surface area contributed by atoms with E-state index in [4.69, 9.17) is 0 Å². The number of amides is 1. The van der Waals surface area contributed by atoms with Crippen LogP contribution >= 0.6 is 11.8 Å². The van der Waals surface area contributed by atoms with Crippen molar-refractivity contribution in [1.29, 1.82) is 0 Å². The Labute approximate surface area is 170 Å². The molecule has 1 aliphatic rings. The van der Waals surface area contributed by atoms with Gasteiger partial charge in [-0.15, -0.1) is 0 Å². The van der Waals surface area contributed by atoms with Crippen LogP contribution in [0.1, 0.15) is 47.6 Å². The normalized spacial score (nSPS) is 17.1. The van der Waals surface area contributed by atoms with Gasteiger partial charge < -0.3 is 4.90 Å². The average molecular weight is 390 g/mol. The van der Waals surface area contributed by atoms with Crippen LogP contribution in [0.3, 0.4) is 0 Å². The quantitative estimate of drug-likeness (QED) is 0.600. The Morgan fingerprint density at radius 2 is 1.75 bits per heavy atom. The lowest BCUT2D eigenvalue weighted by Crippen LogP contribution is -2.34. The molecule has 0 N–H and O–H groups in total. The van der Waals surface area contributed by atoms with Gasteiger partial charge in [-0.05, 0) is 66.9 Å². The summed E-state index contributed by atoms with van der Waals surface area (Å²) >= 11 is 1.60.